The van der Waals surface area contributed by atoms with Gasteiger partial charge in [-0.1, -0.05) is 34.0 Å². The molecule has 98 valence electrons. The molecule has 0 saturated carbocycles. The molecule has 0 aromatic heterocycles. The van der Waals surface area contributed by atoms with Crippen molar-refractivity contribution < 1.29 is 17.9 Å². The van der Waals surface area contributed by atoms with Crippen LogP contribution in [0.25, 0.3) is 0 Å². The summed E-state index contributed by atoms with van der Waals surface area (Å²) in [5.74, 6) is 5.71. The molecule has 18 heavy (non-hydrogen) atoms. The number of benzene rings is 1. The topological polar surface area (TPSA) is 9.23 Å². The predicted octanol–water partition coefficient (Wildman–Crippen LogP) is 4.01. The molecule has 0 atom stereocenters. The largest absolute Gasteiger partial charge is 0.416 e. The summed E-state index contributed by atoms with van der Waals surface area (Å²) in [6.07, 6.45) is -3.67. The molecule has 1 rings (SSSR count). The average molecular weight is 321 g/mol. The van der Waals surface area contributed by atoms with Crippen LogP contribution in [0.4, 0.5) is 13.2 Å². The van der Waals surface area contributed by atoms with Crippen LogP contribution in [0.2, 0.25) is 0 Å². The molecule has 1 aromatic rings. The molecule has 0 fully saturated rings. The molecular formula is C13H12BrF3O. The van der Waals surface area contributed by atoms with Crippen LogP contribution in [-0.4, -0.2) is 11.9 Å². The molecule has 1 nitrogen and oxygen atoms in total. The van der Waals surface area contributed by atoms with Gasteiger partial charge in [-0.2, -0.15) is 13.2 Å². The van der Waals surface area contributed by atoms with Crippen molar-refractivity contribution >= 4 is 15.9 Å². The van der Waals surface area contributed by atoms with Gasteiger partial charge in [-0.3, -0.25) is 0 Å². The Labute approximate surface area is 112 Å². The fourth-order valence-corrected chi connectivity index (χ4v) is 1.44. The first-order chi connectivity index (χ1) is 8.54. The van der Waals surface area contributed by atoms with Crippen molar-refractivity contribution in [1.29, 1.82) is 0 Å². The Morgan fingerprint density at radius 3 is 2.33 bits per heavy atom. The highest BCUT2D eigenvalue weighted by molar-refractivity contribution is 9.09. The number of alkyl halides is 4. The molecule has 0 saturated heterocycles. The Balaban J connectivity index is 2.36. The molecule has 0 aliphatic rings. The summed E-state index contributed by atoms with van der Waals surface area (Å²) in [4.78, 5) is 0. The SMILES string of the molecule is FC(F)(F)c1ccc(COCCC#CCBr)cc1. The second-order valence-corrected chi connectivity index (χ2v) is 4.05. The van der Waals surface area contributed by atoms with Gasteiger partial charge >= 0.3 is 6.18 Å². The summed E-state index contributed by atoms with van der Waals surface area (Å²) < 4.78 is 42.2. The minimum atomic E-state index is -4.29. The van der Waals surface area contributed by atoms with Crippen LogP contribution >= 0.6 is 15.9 Å². The maximum absolute atomic E-state index is 12.3. The highest BCUT2D eigenvalue weighted by Gasteiger charge is 2.29. The second kappa shape index (κ2) is 7.45. The lowest BCUT2D eigenvalue weighted by molar-refractivity contribution is -0.137. The lowest BCUT2D eigenvalue weighted by atomic mass is 10.1. The molecule has 0 amide bonds. The van der Waals surface area contributed by atoms with E-state index >= 15 is 0 Å². The van der Waals surface area contributed by atoms with Crippen LogP contribution in [0.1, 0.15) is 17.5 Å². The van der Waals surface area contributed by atoms with Crippen LogP contribution in [0.15, 0.2) is 24.3 Å². The van der Waals surface area contributed by atoms with E-state index in [0.29, 0.717) is 25.0 Å². The zero-order valence-electron chi connectivity index (χ0n) is 9.56. The molecule has 0 heterocycles. The Morgan fingerprint density at radius 2 is 1.78 bits per heavy atom. The van der Waals surface area contributed by atoms with Crippen molar-refractivity contribution in [2.24, 2.45) is 0 Å². The van der Waals surface area contributed by atoms with Gasteiger partial charge in [-0.15, -0.1) is 5.92 Å². The third-order valence-corrected chi connectivity index (χ3v) is 2.39. The first kappa shape index (κ1) is 15.1. The minimum Gasteiger partial charge on any atom is -0.376 e. The van der Waals surface area contributed by atoms with Gasteiger partial charge in [0.05, 0.1) is 24.1 Å². The lowest BCUT2D eigenvalue weighted by Gasteiger charge is -2.07. The fraction of sp³-hybridized carbons (Fsp3) is 0.385. The summed E-state index contributed by atoms with van der Waals surface area (Å²) in [7, 11) is 0. The van der Waals surface area contributed by atoms with Crippen molar-refractivity contribution in [3.8, 4) is 11.8 Å². The van der Waals surface area contributed by atoms with Crippen molar-refractivity contribution in [3.63, 3.8) is 0 Å². The first-order valence-corrected chi connectivity index (χ1v) is 6.42. The number of hydrogen-bond acceptors (Lipinski definition) is 1. The number of hydrogen-bond donors (Lipinski definition) is 0. The highest BCUT2D eigenvalue weighted by Crippen LogP contribution is 2.29. The third-order valence-electron chi connectivity index (χ3n) is 2.11. The molecule has 0 bridgehead atoms. The number of halogens is 4. The Morgan fingerprint density at radius 1 is 1.11 bits per heavy atom. The van der Waals surface area contributed by atoms with Crippen LogP contribution in [0.5, 0.6) is 0 Å². The lowest BCUT2D eigenvalue weighted by Crippen LogP contribution is -2.04. The molecule has 0 N–H and O–H groups in total. The molecule has 0 aliphatic carbocycles. The van der Waals surface area contributed by atoms with Gasteiger partial charge in [0.15, 0.2) is 0 Å². The Bertz CT molecular complexity index is 415. The third kappa shape index (κ3) is 5.56. The highest BCUT2D eigenvalue weighted by atomic mass is 79.9. The van der Waals surface area contributed by atoms with Crippen molar-refractivity contribution in [2.45, 2.75) is 19.2 Å². The molecule has 0 spiro atoms. The molecule has 0 unspecified atom stereocenters. The monoisotopic (exact) mass is 320 g/mol. The van der Waals surface area contributed by atoms with E-state index in [9.17, 15) is 13.2 Å². The summed E-state index contributed by atoms with van der Waals surface area (Å²) in [5.41, 5.74) is 0.0749. The van der Waals surface area contributed by atoms with E-state index in [1.54, 1.807) is 0 Å². The van der Waals surface area contributed by atoms with E-state index in [4.69, 9.17) is 4.74 Å². The van der Waals surface area contributed by atoms with Gasteiger partial charge in [-0.05, 0) is 17.7 Å². The van der Waals surface area contributed by atoms with E-state index in [2.05, 4.69) is 27.8 Å². The quantitative estimate of drug-likeness (QED) is 0.462. The minimum absolute atomic E-state index is 0.300. The standard InChI is InChI=1S/C13H12BrF3O/c14-8-2-1-3-9-18-10-11-4-6-12(7-5-11)13(15,16)17/h4-7H,3,8-10H2. The van der Waals surface area contributed by atoms with Gasteiger partial charge in [0.1, 0.15) is 0 Å². The maximum atomic E-state index is 12.3. The van der Waals surface area contributed by atoms with Gasteiger partial charge < -0.3 is 4.74 Å². The van der Waals surface area contributed by atoms with Gasteiger partial charge in [-0.25, -0.2) is 0 Å². The smallest absolute Gasteiger partial charge is 0.376 e. The number of ether oxygens (including phenoxy) is 1. The van der Waals surface area contributed by atoms with Crippen LogP contribution in [0.3, 0.4) is 0 Å². The summed E-state index contributed by atoms with van der Waals surface area (Å²) in [6, 6.07) is 4.96. The normalized spacial score (nSPS) is 10.9. The Kier molecular flexibility index (Phi) is 6.23. The Hall–Kier alpha value is -0.990. The number of rotatable bonds is 4. The van der Waals surface area contributed by atoms with Gasteiger partial charge in [0.25, 0.3) is 0 Å². The fourth-order valence-electron chi connectivity index (χ4n) is 1.24. The van der Waals surface area contributed by atoms with E-state index in [-0.39, 0.29) is 0 Å². The molecule has 1 aromatic carbocycles. The summed E-state index contributed by atoms with van der Waals surface area (Å²) >= 11 is 3.17. The van der Waals surface area contributed by atoms with E-state index in [1.165, 1.54) is 12.1 Å². The predicted molar refractivity (Wildman–Crippen MR) is 67.3 cm³/mol. The van der Waals surface area contributed by atoms with Crippen LogP contribution in [-0.2, 0) is 17.5 Å². The molecule has 0 radical (unpaired) electrons. The first-order valence-electron chi connectivity index (χ1n) is 5.29. The zero-order valence-corrected chi connectivity index (χ0v) is 11.1. The van der Waals surface area contributed by atoms with E-state index in [0.717, 1.165) is 17.7 Å². The zero-order chi connectivity index (χ0) is 13.4. The van der Waals surface area contributed by atoms with Crippen molar-refractivity contribution in [2.75, 3.05) is 11.9 Å². The second-order valence-electron chi connectivity index (χ2n) is 3.48. The maximum Gasteiger partial charge on any atom is 0.416 e. The van der Waals surface area contributed by atoms with Gasteiger partial charge in [0.2, 0.25) is 0 Å². The van der Waals surface area contributed by atoms with E-state index in [1.807, 2.05) is 0 Å². The molecule has 0 aliphatic heterocycles. The van der Waals surface area contributed by atoms with Crippen molar-refractivity contribution in [3.05, 3.63) is 35.4 Å². The van der Waals surface area contributed by atoms with Crippen LogP contribution in [0, 0.1) is 11.8 Å². The van der Waals surface area contributed by atoms with Gasteiger partial charge in [0, 0.05) is 6.42 Å². The summed E-state index contributed by atoms with van der Waals surface area (Å²) in [5, 5.41) is 0.631. The van der Waals surface area contributed by atoms with E-state index < -0.39 is 11.7 Å². The van der Waals surface area contributed by atoms with Crippen LogP contribution < -0.4 is 0 Å². The molecule has 5 heteroatoms. The molecular weight excluding hydrogens is 309 g/mol. The van der Waals surface area contributed by atoms with Crippen molar-refractivity contribution in [1.82, 2.24) is 0 Å². The summed E-state index contributed by atoms with van der Waals surface area (Å²) in [6.45, 7) is 0.773. The average Bonchev–Trinajstić information content (AvgIpc) is 2.33.